The van der Waals surface area contributed by atoms with E-state index in [-0.39, 0.29) is 24.6 Å². The van der Waals surface area contributed by atoms with Crippen LogP contribution in [0.25, 0.3) is 0 Å². The molecule has 0 aliphatic heterocycles. The summed E-state index contributed by atoms with van der Waals surface area (Å²) in [5.41, 5.74) is 1.24. The molecule has 0 radical (unpaired) electrons. The molecule has 0 heterocycles. The SMILES string of the molecule is CC(C)N(CCCO)C(C)C(=O)Nc1ccc(C#N)cc1. The number of nitriles is 1. The Labute approximate surface area is 126 Å². The van der Waals surface area contributed by atoms with E-state index in [4.69, 9.17) is 10.4 Å². The van der Waals surface area contributed by atoms with Crippen molar-refractivity contribution in [3.05, 3.63) is 29.8 Å². The predicted octanol–water partition coefficient (Wildman–Crippen LogP) is 1.98. The first-order chi connectivity index (χ1) is 9.99. The van der Waals surface area contributed by atoms with Gasteiger partial charge in [-0.05, 0) is 51.5 Å². The van der Waals surface area contributed by atoms with Crippen LogP contribution in [0.5, 0.6) is 0 Å². The molecule has 0 aliphatic carbocycles. The van der Waals surface area contributed by atoms with E-state index in [1.807, 2.05) is 26.8 Å². The normalized spacial score (nSPS) is 12.2. The lowest BCUT2D eigenvalue weighted by molar-refractivity contribution is -0.121. The molecule has 21 heavy (non-hydrogen) atoms. The maximum atomic E-state index is 12.3. The second-order valence-corrected chi connectivity index (χ2v) is 5.26. The van der Waals surface area contributed by atoms with Gasteiger partial charge >= 0.3 is 0 Å². The van der Waals surface area contributed by atoms with Crippen LogP contribution in [0.1, 0.15) is 32.8 Å². The molecule has 0 bridgehead atoms. The lowest BCUT2D eigenvalue weighted by Crippen LogP contribution is -2.46. The molecule has 0 aromatic heterocycles. The maximum Gasteiger partial charge on any atom is 0.241 e. The van der Waals surface area contributed by atoms with Crippen molar-refractivity contribution in [3.8, 4) is 6.07 Å². The highest BCUT2D eigenvalue weighted by molar-refractivity contribution is 5.94. The van der Waals surface area contributed by atoms with Crippen molar-refractivity contribution in [1.29, 1.82) is 5.26 Å². The highest BCUT2D eigenvalue weighted by Gasteiger charge is 2.23. The summed E-state index contributed by atoms with van der Waals surface area (Å²) in [4.78, 5) is 14.3. The lowest BCUT2D eigenvalue weighted by atomic mass is 10.1. The van der Waals surface area contributed by atoms with E-state index in [1.54, 1.807) is 24.3 Å². The van der Waals surface area contributed by atoms with Crippen LogP contribution in [-0.4, -0.2) is 41.1 Å². The first kappa shape index (κ1) is 17.2. The third-order valence-corrected chi connectivity index (χ3v) is 3.40. The molecule has 1 amide bonds. The minimum Gasteiger partial charge on any atom is -0.396 e. The van der Waals surface area contributed by atoms with E-state index in [1.165, 1.54) is 0 Å². The van der Waals surface area contributed by atoms with Crippen LogP contribution in [0, 0.1) is 11.3 Å². The number of anilines is 1. The molecule has 1 unspecified atom stereocenters. The summed E-state index contributed by atoms with van der Waals surface area (Å²) in [7, 11) is 0. The second-order valence-electron chi connectivity index (χ2n) is 5.26. The molecule has 0 fully saturated rings. The summed E-state index contributed by atoms with van der Waals surface area (Å²) in [5, 5.41) is 20.6. The molecule has 1 atom stereocenters. The molecule has 0 spiro atoms. The van der Waals surface area contributed by atoms with Crippen molar-refractivity contribution in [2.75, 3.05) is 18.5 Å². The van der Waals surface area contributed by atoms with Gasteiger partial charge in [-0.1, -0.05) is 0 Å². The van der Waals surface area contributed by atoms with Crippen LogP contribution >= 0.6 is 0 Å². The fourth-order valence-electron chi connectivity index (χ4n) is 2.18. The molecule has 1 rings (SSSR count). The molecule has 1 aromatic carbocycles. The maximum absolute atomic E-state index is 12.3. The molecule has 1 aromatic rings. The van der Waals surface area contributed by atoms with E-state index in [9.17, 15) is 4.79 Å². The van der Waals surface area contributed by atoms with Crippen LogP contribution in [0.2, 0.25) is 0 Å². The standard InChI is InChI=1S/C16H23N3O2/c1-12(2)19(9-4-10-20)13(3)16(21)18-15-7-5-14(11-17)6-8-15/h5-8,12-13,20H,4,9-10H2,1-3H3,(H,18,21). The molecule has 0 saturated heterocycles. The van der Waals surface area contributed by atoms with Gasteiger partial charge in [-0.2, -0.15) is 5.26 Å². The summed E-state index contributed by atoms with van der Waals surface area (Å²) >= 11 is 0. The number of nitrogens with zero attached hydrogens (tertiary/aromatic N) is 2. The van der Waals surface area contributed by atoms with Gasteiger partial charge in [0.25, 0.3) is 0 Å². The van der Waals surface area contributed by atoms with E-state index in [0.717, 1.165) is 0 Å². The Balaban J connectivity index is 2.69. The van der Waals surface area contributed by atoms with Gasteiger partial charge in [0.1, 0.15) is 0 Å². The largest absolute Gasteiger partial charge is 0.396 e. The van der Waals surface area contributed by atoms with Crippen molar-refractivity contribution < 1.29 is 9.90 Å². The summed E-state index contributed by atoms with van der Waals surface area (Å²) in [5.74, 6) is -0.0913. The predicted molar refractivity (Wildman–Crippen MR) is 82.8 cm³/mol. The average Bonchev–Trinajstić information content (AvgIpc) is 2.47. The number of rotatable bonds is 7. The number of hydrogen-bond donors (Lipinski definition) is 2. The Hall–Kier alpha value is -1.90. The lowest BCUT2D eigenvalue weighted by Gasteiger charge is -2.31. The summed E-state index contributed by atoms with van der Waals surface area (Å²) in [6.45, 7) is 6.71. The zero-order chi connectivity index (χ0) is 15.8. The van der Waals surface area contributed by atoms with Gasteiger partial charge < -0.3 is 10.4 Å². The Morgan fingerprint density at radius 3 is 2.43 bits per heavy atom. The zero-order valence-corrected chi connectivity index (χ0v) is 12.8. The Bertz CT molecular complexity index is 491. The van der Waals surface area contributed by atoms with Gasteiger partial charge in [0.05, 0.1) is 17.7 Å². The second kappa shape index (κ2) is 8.40. The van der Waals surface area contributed by atoms with Gasteiger partial charge in [-0.3, -0.25) is 9.69 Å². The van der Waals surface area contributed by atoms with Crippen LogP contribution in [0.3, 0.4) is 0 Å². The molecule has 5 nitrogen and oxygen atoms in total. The van der Waals surface area contributed by atoms with Crippen LogP contribution in [0.4, 0.5) is 5.69 Å². The number of aliphatic hydroxyl groups excluding tert-OH is 1. The van der Waals surface area contributed by atoms with Crippen LogP contribution in [-0.2, 0) is 4.79 Å². The van der Waals surface area contributed by atoms with Crippen molar-refractivity contribution in [2.24, 2.45) is 0 Å². The fraction of sp³-hybridized carbons (Fsp3) is 0.500. The average molecular weight is 289 g/mol. The number of benzene rings is 1. The molecule has 2 N–H and O–H groups in total. The third-order valence-electron chi connectivity index (χ3n) is 3.40. The van der Waals surface area contributed by atoms with Gasteiger partial charge in [-0.15, -0.1) is 0 Å². The van der Waals surface area contributed by atoms with Crippen LogP contribution in [0.15, 0.2) is 24.3 Å². The third kappa shape index (κ3) is 5.18. The monoisotopic (exact) mass is 289 g/mol. The summed E-state index contributed by atoms with van der Waals surface area (Å²) in [6, 6.07) is 8.76. The highest BCUT2D eigenvalue weighted by atomic mass is 16.3. The minimum atomic E-state index is -0.285. The smallest absolute Gasteiger partial charge is 0.241 e. The fourth-order valence-corrected chi connectivity index (χ4v) is 2.18. The Morgan fingerprint density at radius 1 is 1.33 bits per heavy atom. The molecule has 5 heteroatoms. The van der Waals surface area contributed by atoms with E-state index >= 15 is 0 Å². The first-order valence-corrected chi connectivity index (χ1v) is 7.17. The number of amides is 1. The highest BCUT2D eigenvalue weighted by Crippen LogP contribution is 2.12. The summed E-state index contributed by atoms with van der Waals surface area (Å²) < 4.78 is 0. The van der Waals surface area contributed by atoms with Crippen LogP contribution < -0.4 is 5.32 Å². The van der Waals surface area contributed by atoms with Gasteiger partial charge in [0.2, 0.25) is 5.91 Å². The molecule has 0 aliphatic rings. The van der Waals surface area contributed by atoms with Gasteiger partial charge in [0, 0.05) is 24.9 Å². The Kier molecular flexibility index (Phi) is 6.86. The number of hydrogen-bond acceptors (Lipinski definition) is 4. The van der Waals surface area contributed by atoms with Gasteiger partial charge in [-0.25, -0.2) is 0 Å². The quantitative estimate of drug-likeness (QED) is 0.804. The van der Waals surface area contributed by atoms with Crippen molar-refractivity contribution in [1.82, 2.24) is 4.90 Å². The van der Waals surface area contributed by atoms with Gasteiger partial charge in [0.15, 0.2) is 0 Å². The van der Waals surface area contributed by atoms with E-state index < -0.39 is 0 Å². The van der Waals surface area contributed by atoms with E-state index in [0.29, 0.717) is 24.2 Å². The Morgan fingerprint density at radius 2 is 1.95 bits per heavy atom. The van der Waals surface area contributed by atoms with E-state index in [2.05, 4.69) is 10.2 Å². The first-order valence-electron chi connectivity index (χ1n) is 7.17. The molecular formula is C16H23N3O2. The zero-order valence-electron chi connectivity index (χ0n) is 12.8. The number of nitrogens with one attached hydrogen (secondary N) is 1. The number of carbonyl (C=O) groups excluding carboxylic acids is 1. The number of carbonyl (C=O) groups is 1. The van der Waals surface area contributed by atoms with Crippen molar-refractivity contribution in [2.45, 2.75) is 39.3 Å². The topological polar surface area (TPSA) is 76.4 Å². The van der Waals surface area contributed by atoms with Crippen molar-refractivity contribution in [3.63, 3.8) is 0 Å². The number of aliphatic hydroxyl groups is 1. The molecule has 0 saturated carbocycles. The molecular weight excluding hydrogens is 266 g/mol. The minimum absolute atomic E-state index is 0.0913. The molecule has 114 valence electrons. The van der Waals surface area contributed by atoms with Crippen molar-refractivity contribution >= 4 is 11.6 Å². The summed E-state index contributed by atoms with van der Waals surface area (Å²) in [6.07, 6.45) is 0.646.